The highest BCUT2D eigenvalue weighted by molar-refractivity contribution is 9.10. The summed E-state index contributed by atoms with van der Waals surface area (Å²) in [5.41, 5.74) is 1.83. The van der Waals surface area contributed by atoms with E-state index < -0.39 is 0 Å². The van der Waals surface area contributed by atoms with E-state index in [1.54, 1.807) is 0 Å². The molecule has 1 unspecified atom stereocenters. The molecule has 1 atom stereocenters. The third-order valence-corrected chi connectivity index (χ3v) is 4.39. The third kappa shape index (κ3) is 3.61. The minimum absolute atomic E-state index is 0.132. The van der Waals surface area contributed by atoms with E-state index in [1.165, 1.54) is 6.42 Å². The van der Waals surface area contributed by atoms with Crippen LogP contribution in [0.25, 0.3) is 0 Å². The molecular formula is C16H23BrN2O. The molecular weight excluding hydrogens is 316 g/mol. The van der Waals surface area contributed by atoms with Crippen molar-refractivity contribution < 1.29 is 4.79 Å². The van der Waals surface area contributed by atoms with Gasteiger partial charge in [-0.3, -0.25) is 4.79 Å². The number of carbonyl (C=O) groups excluding carboxylic acids is 1. The van der Waals surface area contributed by atoms with Crippen LogP contribution in [0.3, 0.4) is 0 Å². The highest BCUT2D eigenvalue weighted by Gasteiger charge is 2.25. The Morgan fingerprint density at radius 2 is 2.25 bits per heavy atom. The van der Waals surface area contributed by atoms with E-state index in [0.717, 1.165) is 35.1 Å². The van der Waals surface area contributed by atoms with Crippen molar-refractivity contribution in [3.63, 3.8) is 0 Å². The normalized spacial score (nSPS) is 18.6. The van der Waals surface area contributed by atoms with Crippen molar-refractivity contribution in [2.24, 2.45) is 0 Å². The summed E-state index contributed by atoms with van der Waals surface area (Å²) in [6.07, 6.45) is 2.37. The van der Waals surface area contributed by atoms with Crippen LogP contribution in [0.1, 0.15) is 42.6 Å². The summed E-state index contributed by atoms with van der Waals surface area (Å²) in [5.74, 6) is 0.132. The predicted octanol–water partition coefficient (Wildman–Crippen LogP) is 3.36. The van der Waals surface area contributed by atoms with Crippen LogP contribution in [-0.4, -0.2) is 36.0 Å². The molecule has 0 aromatic heterocycles. The number of rotatable bonds is 4. The molecule has 0 bridgehead atoms. The highest BCUT2D eigenvalue weighted by Crippen LogP contribution is 2.20. The topological polar surface area (TPSA) is 32.3 Å². The van der Waals surface area contributed by atoms with Crippen molar-refractivity contribution in [2.75, 3.05) is 13.1 Å². The second kappa shape index (κ2) is 6.72. The fourth-order valence-corrected chi connectivity index (χ4v) is 3.02. The zero-order valence-electron chi connectivity index (χ0n) is 12.4. The molecule has 0 aliphatic carbocycles. The first-order valence-corrected chi connectivity index (χ1v) is 8.09. The van der Waals surface area contributed by atoms with Crippen LogP contribution < -0.4 is 5.32 Å². The first-order valence-electron chi connectivity index (χ1n) is 7.29. The van der Waals surface area contributed by atoms with Crippen LogP contribution in [0.2, 0.25) is 0 Å². The molecule has 1 aromatic carbocycles. The molecule has 110 valence electrons. The lowest BCUT2D eigenvalue weighted by Gasteiger charge is -2.30. The van der Waals surface area contributed by atoms with Gasteiger partial charge >= 0.3 is 0 Å². The average molecular weight is 339 g/mol. The van der Waals surface area contributed by atoms with Gasteiger partial charge in [0, 0.05) is 28.7 Å². The van der Waals surface area contributed by atoms with Gasteiger partial charge in [-0.1, -0.05) is 22.0 Å². The van der Waals surface area contributed by atoms with E-state index in [4.69, 9.17) is 0 Å². The summed E-state index contributed by atoms with van der Waals surface area (Å²) in [7, 11) is 0. The number of nitrogens with one attached hydrogen (secondary N) is 1. The number of aryl methyl sites for hydroxylation is 1. The molecule has 1 heterocycles. The Morgan fingerprint density at radius 3 is 2.85 bits per heavy atom. The van der Waals surface area contributed by atoms with Crippen molar-refractivity contribution in [3.8, 4) is 0 Å². The Balaban J connectivity index is 2.19. The van der Waals surface area contributed by atoms with E-state index in [1.807, 2.05) is 30.0 Å². The Morgan fingerprint density at radius 1 is 1.50 bits per heavy atom. The predicted molar refractivity (Wildman–Crippen MR) is 86.1 cm³/mol. The summed E-state index contributed by atoms with van der Waals surface area (Å²) in [6.45, 7) is 8.02. The maximum absolute atomic E-state index is 12.8. The lowest BCUT2D eigenvalue weighted by atomic mass is 10.1. The SMILES string of the molecule is Cc1ccc(Br)cc1C(=O)N(CC1CCCN1)C(C)C. The maximum Gasteiger partial charge on any atom is 0.254 e. The molecule has 0 radical (unpaired) electrons. The molecule has 2 rings (SSSR count). The van der Waals surface area contributed by atoms with E-state index in [9.17, 15) is 4.79 Å². The fraction of sp³-hybridized carbons (Fsp3) is 0.562. The van der Waals surface area contributed by atoms with Gasteiger partial charge < -0.3 is 10.2 Å². The molecule has 1 amide bonds. The molecule has 3 nitrogen and oxygen atoms in total. The average Bonchev–Trinajstić information content (AvgIpc) is 2.90. The van der Waals surface area contributed by atoms with Gasteiger partial charge in [0.05, 0.1) is 0 Å². The number of hydrogen-bond donors (Lipinski definition) is 1. The van der Waals surface area contributed by atoms with Crippen LogP contribution in [0.4, 0.5) is 0 Å². The van der Waals surface area contributed by atoms with Crippen LogP contribution >= 0.6 is 15.9 Å². The highest BCUT2D eigenvalue weighted by atomic mass is 79.9. The van der Waals surface area contributed by atoms with E-state index in [-0.39, 0.29) is 11.9 Å². The summed E-state index contributed by atoms with van der Waals surface area (Å²) < 4.78 is 0.953. The molecule has 4 heteroatoms. The molecule has 0 spiro atoms. The standard InChI is InChI=1S/C16H23BrN2O/c1-11(2)19(10-14-5-4-8-18-14)16(20)15-9-13(17)7-6-12(15)3/h6-7,9,11,14,18H,4-5,8,10H2,1-3H3. The second-order valence-electron chi connectivity index (χ2n) is 5.80. The second-order valence-corrected chi connectivity index (χ2v) is 6.72. The molecule has 1 aliphatic rings. The number of amides is 1. The van der Waals surface area contributed by atoms with Gasteiger partial charge in [0.15, 0.2) is 0 Å². The Bertz CT molecular complexity index is 481. The van der Waals surface area contributed by atoms with Crippen molar-refractivity contribution in [1.29, 1.82) is 0 Å². The first-order chi connectivity index (χ1) is 9.49. The first kappa shape index (κ1) is 15.5. The Hall–Kier alpha value is -0.870. The number of benzene rings is 1. The molecule has 1 N–H and O–H groups in total. The molecule has 1 saturated heterocycles. The molecule has 20 heavy (non-hydrogen) atoms. The van der Waals surface area contributed by atoms with Gasteiger partial charge in [-0.15, -0.1) is 0 Å². The van der Waals surface area contributed by atoms with Gasteiger partial charge in [-0.2, -0.15) is 0 Å². The van der Waals surface area contributed by atoms with Crippen LogP contribution in [-0.2, 0) is 0 Å². The summed E-state index contributed by atoms with van der Waals surface area (Å²) in [5, 5.41) is 3.47. The van der Waals surface area contributed by atoms with Gasteiger partial charge in [0.25, 0.3) is 5.91 Å². The van der Waals surface area contributed by atoms with Crippen molar-refractivity contribution >= 4 is 21.8 Å². The van der Waals surface area contributed by atoms with Crippen molar-refractivity contribution in [1.82, 2.24) is 10.2 Å². The van der Waals surface area contributed by atoms with Crippen molar-refractivity contribution in [3.05, 3.63) is 33.8 Å². The van der Waals surface area contributed by atoms with Crippen LogP contribution in [0.5, 0.6) is 0 Å². The number of hydrogen-bond acceptors (Lipinski definition) is 2. The minimum Gasteiger partial charge on any atom is -0.335 e. The number of nitrogens with zero attached hydrogens (tertiary/aromatic N) is 1. The molecule has 1 aliphatic heterocycles. The summed E-state index contributed by atoms with van der Waals surface area (Å²) in [4.78, 5) is 14.8. The minimum atomic E-state index is 0.132. The summed E-state index contributed by atoms with van der Waals surface area (Å²) >= 11 is 3.46. The van der Waals surface area contributed by atoms with Gasteiger partial charge in [0.1, 0.15) is 0 Å². The van der Waals surface area contributed by atoms with Gasteiger partial charge in [0.2, 0.25) is 0 Å². The quantitative estimate of drug-likeness (QED) is 0.912. The van der Waals surface area contributed by atoms with E-state index in [2.05, 4.69) is 35.1 Å². The molecule has 1 aromatic rings. The zero-order valence-corrected chi connectivity index (χ0v) is 14.0. The van der Waals surface area contributed by atoms with Crippen LogP contribution in [0.15, 0.2) is 22.7 Å². The lowest BCUT2D eigenvalue weighted by Crippen LogP contribution is -2.45. The van der Waals surface area contributed by atoms with Crippen molar-refractivity contribution in [2.45, 2.75) is 45.7 Å². The molecule has 1 fully saturated rings. The maximum atomic E-state index is 12.8. The van der Waals surface area contributed by atoms with Gasteiger partial charge in [-0.25, -0.2) is 0 Å². The van der Waals surface area contributed by atoms with E-state index in [0.29, 0.717) is 6.04 Å². The summed E-state index contributed by atoms with van der Waals surface area (Å²) in [6, 6.07) is 6.54. The third-order valence-electron chi connectivity index (χ3n) is 3.89. The lowest BCUT2D eigenvalue weighted by molar-refractivity contribution is 0.0688. The number of halogens is 1. The Kier molecular flexibility index (Phi) is 5.22. The monoisotopic (exact) mass is 338 g/mol. The fourth-order valence-electron chi connectivity index (χ4n) is 2.66. The zero-order chi connectivity index (χ0) is 14.7. The largest absolute Gasteiger partial charge is 0.335 e. The number of carbonyl (C=O) groups is 1. The van der Waals surface area contributed by atoms with Gasteiger partial charge in [-0.05, 0) is 57.9 Å². The smallest absolute Gasteiger partial charge is 0.254 e. The molecule has 0 saturated carbocycles. The van der Waals surface area contributed by atoms with E-state index >= 15 is 0 Å². The van der Waals surface area contributed by atoms with Crippen LogP contribution in [0, 0.1) is 6.92 Å². The Labute approximate surface area is 129 Å².